The number of rotatable bonds is 8. The van der Waals surface area contributed by atoms with E-state index in [4.69, 9.17) is 14.1 Å². The molecule has 0 bridgehead atoms. The van der Waals surface area contributed by atoms with Crippen LogP contribution in [0.2, 0.25) is 0 Å². The van der Waals surface area contributed by atoms with Crippen molar-refractivity contribution in [2.24, 2.45) is 0 Å². The monoisotopic (exact) mass is 1050 g/mol. The summed E-state index contributed by atoms with van der Waals surface area (Å²) in [5, 5.41) is 2.23. The second-order valence-corrected chi connectivity index (χ2v) is 18.9. The zero-order chi connectivity index (χ0) is 45.2. The number of hydrogen-bond acceptors (Lipinski definition) is 3. The summed E-state index contributed by atoms with van der Waals surface area (Å²) < 4.78 is 19.6. The molecule has 0 saturated heterocycles. The minimum Gasteiger partial charge on any atom is -0.503 e. The third-order valence-electron chi connectivity index (χ3n) is 12.4. The fraction of sp³-hybridized carbons (Fsp3) is 0.133. The van der Waals surface area contributed by atoms with Crippen LogP contribution in [0.1, 0.15) is 52.7 Å². The number of pyridine rings is 1. The van der Waals surface area contributed by atoms with E-state index < -0.39 is 0 Å². The maximum absolute atomic E-state index is 6.68. The van der Waals surface area contributed by atoms with Crippen molar-refractivity contribution in [1.29, 1.82) is 0 Å². The number of para-hydroxylation sites is 1. The molecule has 11 rings (SSSR count). The predicted octanol–water partition coefficient (Wildman–Crippen LogP) is 14.8. The van der Waals surface area contributed by atoms with Gasteiger partial charge in [-0.15, -0.1) is 35.7 Å². The van der Waals surface area contributed by atoms with Gasteiger partial charge in [0.25, 0.3) is 6.33 Å². The van der Waals surface area contributed by atoms with E-state index in [2.05, 4.69) is 197 Å². The van der Waals surface area contributed by atoms with Gasteiger partial charge in [-0.05, 0) is 73.4 Å². The number of benzene rings is 7. The molecule has 0 saturated carbocycles. The van der Waals surface area contributed by atoms with Gasteiger partial charge in [0.1, 0.15) is 11.5 Å². The third kappa shape index (κ3) is 8.00. The van der Waals surface area contributed by atoms with E-state index in [1.807, 2.05) is 53.1 Å². The zero-order valence-corrected chi connectivity index (χ0v) is 40.5. The van der Waals surface area contributed by atoms with Gasteiger partial charge in [-0.2, -0.15) is 6.07 Å². The first kappa shape index (κ1) is 43.6. The van der Waals surface area contributed by atoms with Gasteiger partial charge in [0.05, 0.1) is 17.6 Å². The third-order valence-corrected chi connectivity index (χ3v) is 12.4. The molecule has 0 spiro atoms. The minimum atomic E-state index is -0.0468. The van der Waals surface area contributed by atoms with E-state index in [-0.39, 0.29) is 31.9 Å². The van der Waals surface area contributed by atoms with Crippen molar-refractivity contribution in [3.05, 3.63) is 212 Å². The van der Waals surface area contributed by atoms with Crippen molar-refractivity contribution in [2.75, 3.05) is 0 Å². The molecule has 11 aromatic rings. The molecule has 4 heterocycles. The fourth-order valence-electron chi connectivity index (χ4n) is 8.98. The Morgan fingerprint density at radius 1 is 0.582 bits per heavy atom. The summed E-state index contributed by atoms with van der Waals surface area (Å²) in [4.78, 5) is 4.91. The summed E-state index contributed by atoms with van der Waals surface area (Å²) in [6.07, 6.45) is 7.44. The van der Waals surface area contributed by atoms with Crippen molar-refractivity contribution >= 4 is 27.5 Å². The van der Waals surface area contributed by atoms with E-state index >= 15 is 0 Å². The van der Waals surface area contributed by atoms with Gasteiger partial charge in [-0.25, -0.2) is 4.98 Å². The predicted molar refractivity (Wildman–Crippen MR) is 265 cm³/mol. The Balaban J connectivity index is 0.00000525. The van der Waals surface area contributed by atoms with Crippen LogP contribution < -0.4 is 9.30 Å². The van der Waals surface area contributed by atoms with E-state index in [1.54, 1.807) is 6.26 Å². The number of imidazole rings is 1. The average Bonchev–Trinajstić information content (AvgIpc) is 4.02. The molecule has 332 valence electrons. The maximum atomic E-state index is 6.68. The van der Waals surface area contributed by atoms with E-state index in [0.717, 1.165) is 78.1 Å². The van der Waals surface area contributed by atoms with Crippen molar-refractivity contribution in [3.8, 4) is 67.8 Å². The van der Waals surface area contributed by atoms with E-state index in [9.17, 15) is 0 Å². The van der Waals surface area contributed by atoms with Gasteiger partial charge in [0.2, 0.25) is 5.71 Å². The topological polar surface area (TPSA) is 48.5 Å². The second kappa shape index (κ2) is 17.2. The largest absolute Gasteiger partial charge is 0.503 e. The molecule has 0 unspecified atom stereocenters. The molecule has 6 nitrogen and oxygen atoms in total. The normalized spacial score (nSPS) is 11.9. The van der Waals surface area contributed by atoms with Gasteiger partial charge >= 0.3 is 0 Å². The summed E-state index contributed by atoms with van der Waals surface area (Å²) in [7, 11) is 0. The molecule has 0 aliphatic rings. The van der Waals surface area contributed by atoms with Crippen molar-refractivity contribution in [2.45, 2.75) is 52.4 Å². The van der Waals surface area contributed by atoms with Gasteiger partial charge in [0.15, 0.2) is 0 Å². The summed E-state index contributed by atoms with van der Waals surface area (Å²) in [5.41, 5.74) is 13.8. The Morgan fingerprint density at radius 3 is 1.85 bits per heavy atom. The molecule has 0 radical (unpaired) electrons. The molecule has 0 atom stereocenters. The first-order chi connectivity index (χ1) is 32.0. The smallest absolute Gasteiger partial charge is 0.272 e. The number of hydrogen-bond donors (Lipinski definition) is 0. The molecule has 7 heteroatoms. The van der Waals surface area contributed by atoms with Crippen LogP contribution in [-0.2, 0) is 31.9 Å². The van der Waals surface area contributed by atoms with Gasteiger partial charge in [-0.1, -0.05) is 180 Å². The summed E-state index contributed by atoms with van der Waals surface area (Å²) in [6, 6.07) is 66.2. The molecule has 0 aliphatic heterocycles. The van der Waals surface area contributed by atoms with Crippen LogP contribution in [0.15, 0.2) is 187 Å². The van der Waals surface area contributed by atoms with Crippen LogP contribution in [0.25, 0.3) is 83.8 Å². The van der Waals surface area contributed by atoms with E-state index in [1.165, 1.54) is 11.1 Å². The van der Waals surface area contributed by atoms with Gasteiger partial charge in [-0.3, -0.25) is 8.97 Å². The molecule has 0 N–H and O–H groups in total. The van der Waals surface area contributed by atoms with Crippen LogP contribution in [0.5, 0.6) is 11.5 Å². The Hall–Kier alpha value is -7.27. The molecule has 0 fully saturated rings. The first-order valence-corrected chi connectivity index (χ1v) is 22.4. The van der Waals surface area contributed by atoms with Crippen molar-refractivity contribution in [3.63, 3.8) is 0 Å². The fourth-order valence-corrected chi connectivity index (χ4v) is 8.98. The average molecular weight is 1050 g/mol. The van der Waals surface area contributed by atoms with Crippen molar-refractivity contribution in [1.82, 2.24) is 14.0 Å². The van der Waals surface area contributed by atoms with Gasteiger partial charge in [0, 0.05) is 44.3 Å². The molecule has 67 heavy (non-hydrogen) atoms. The van der Waals surface area contributed by atoms with Crippen LogP contribution in [0, 0.1) is 18.5 Å². The number of aromatic nitrogens is 4. The quantitative estimate of drug-likeness (QED) is 0.113. The van der Waals surface area contributed by atoms with Crippen LogP contribution >= 0.6 is 0 Å². The molecule has 0 amide bonds. The molecule has 7 aromatic carbocycles. The summed E-state index contributed by atoms with van der Waals surface area (Å²) in [5.74, 6) is 1.96. The zero-order valence-electron chi connectivity index (χ0n) is 38.2. The Bertz CT molecular complexity index is 3520. The minimum absolute atomic E-state index is 0. The second-order valence-electron chi connectivity index (χ2n) is 18.9. The van der Waals surface area contributed by atoms with Crippen molar-refractivity contribution < 1.29 is 34.8 Å². The molecule has 4 aromatic heterocycles. The maximum Gasteiger partial charge on any atom is 0.272 e. The Morgan fingerprint density at radius 2 is 1.19 bits per heavy atom. The molecular formula is C60H48N4O2Pt-2. The number of oxazole rings is 1. The summed E-state index contributed by atoms with van der Waals surface area (Å²) >= 11 is 0. The standard InChI is InChI=1S/C60H48N4O2.Pt/c1-59(2,3)44-28-31-52-51(35-44)50-30-29-47(37-53(50)64(52)55-36-45(32-33-61-55)60(4,5)6)66-46-25-16-24-43(34-46)54-38-65-58-56(42-22-14-9-15-23-42)63(39-62(54)58)57-48(40-18-10-7-11-19-40)26-17-27-49(57)41-20-12-8-13-21-41;/h7-33,35-36,38H,1-6H3;/q-2;. The Labute approximate surface area is 406 Å². The summed E-state index contributed by atoms with van der Waals surface area (Å²) in [6.45, 7) is 13.4. The first-order valence-electron chi connectivity index (χ1n) is 22.4. The number of ether oxygens (including phenoxy) is 1. The van der Waals surface area contributed by atoms with Crippen LogP contribution in [0.4, 0.5) is 0 Å². The number of nitrogens with zero attached hydrogens (tertiary/aromatic N) is 4. The van der Waals surface area contributed by atoms with Gasteiger partial charge < -0.3 is 13.7 Å². The molecule has 0 aliphatic carbocycles. The number of fused-ring (bicyclic) bond motifs is 4. The Kier molecular flexibility index (Phi) is 11.2. The van der Waals surface area contributed by atoms with E-state index in [0.29, 0.717) is 17.2 Å². The van der Waals surface area contributed by atoms with Crippen LogP contribution in [-0.4, -0.2) is 14.0 Å². The SMILES string of the molecule is CC(C)(C)c1ccnc(-n2c3[c-]c(Oc4[c-]c(-c5coc6c(-c7ccccc7)[n+](-c7c(-c8ccccc8)cccc7-c7ccccc7)[c-]n56)ccc4)ccc3c3cc(C(C)(C)C)ccc32)c1.[Pt]. The molecular weight excluding hydrogens is 1000 g/mol. The van der Waals surface area contributed by atoms with Crippen LogP contribution in [0.3, 0.4) is 0 Å².